The number of rotatable bonds is 5. The molecule has 0 spiro atoms. The van der Waals surface area contributed by atoms with E-state index in [0.717, 1.165) is 17.0 Å². The quantitative estimate of drug-likeness (QED) is 0.776. The van der Waals surface area contributed by atoms with Crippen LogP contribution in [-0.4, -0.2) is 18.8 Å². The molecule has 0 aliphatic rings. The van der Waals surface area contributed by atoms with Crippen LogP contribution in [0.4, 0.5) is 5.69 Å². The topological polar surface area (TPSA) is 41.5 Å². The van der Waals surface area contributed by atoms with Gasteiger partial charge in [0.1, 0.15) is 5.75 Å². The molecule has 0 aliphatic heterocycles. The molecule has 106 valence electrons. The largest absolute Gasteiger partial charge is 0.495 e. The molecule has 2 aromatic rings. The first kappa shape index (κ1) is 15.1. The number of hydrogen-bond donors (Lipinski definition) is 2. The number of methoxy groups -OCH3 is 1. The number of benzene rings is 2. The highest BCUT2D eigenvalue weighted by Gasteiger charge is 2.26. The molecular weight excluding hydrogens is 365 g/mol. The lowest BCUT2D eigenvalue weighted by Gasteiger charge is -2.31. The summed E-state index contributed by atoms with van der Waals surface area (Å²) in [5.74, 6) is 0.762. The molecule has 0 radical (unpaired) electrons. The molecule has 1 unspecified atom stereocenters. The first-order valence-electron chi connectivity index (χ1n) is 6.37. The van der Waals surface area contributed by atoms with Crippen LogP contribution >= 0.6 is 22.6 Å². The zero-order chi connectivity index (χ0) is 14.6. The molecular formula is C16H18INO2. The third-order valence-corrected chi connectivity index (χ3v) is 4.03. The first-order chi connectivity index (χ1) is 9.59. The maximum Gasteiger partial charge on any atom is 0.141 e. The van der Waals surface area contributed by atoms with Crippen molar-refractivity contribution in [1.82, 2.24) is 0 Å². The average molecular weight is 383 g/mol. The summed E-state index contributed by atoms with van der Waals surface area (Å²) < 4.78 is 6.52. The van der Waals surface area contributed by atoms with E-state index in [9.17, 15) is 5.11 Å². The van der Waals surface area contributed by atoms with Crippen LogP contribution in [0.3, 0.4) is 0 Å². The molecule has 0 saturated carbocycles. The molecule has 1 atom stereocenters. The van der Waals surface area contributed by atoms with Gasteiger partial charge in [-0.15, -0.1) is 0 Å². The number of aliphatic hydroxyl groups excluding tert-OH is 1. The Balaban J connectivity index is 2.34. The fraction of sp³-hybridized carbons (Fsp3) is 0.250. The van der Waals surface area contributed by atoms with E-state index in [1.165, 1.54) is 3.57 Å². The second-order valence-corrected chi connectivity index (χ2v) is 6.07. The predicted octanol–water partition coefficient (Wildman–Crippen LogP) is 3.62. The number of halogens is 1. The van der Waals surface area contributed by atoms with Crippen LogP contribution in [0.1, 0.15) is 12.5 Å². The van der Waals surface area contributed by atoms with Gasteiger partial charge in [-0.05, 0) is 59.3 Å². The van der Waals surface area contributed by atoms with Gasteiger partial charge in [0, 0.05) is 3.57 Å². The van der Waals surface area contributed by atoms with Crippen molar-refractivity contribution >= 4 is 28.3 Å². The summed E-state index contributed by atoms with van der Waals surface area (Å²) in [5.41, 5.74) is 1.34. The van der Waals surface area contributed by atoms with Gasteiger partial charge < -0.3 is 15.2 Å². The predicted molar refractivity (Wildman–Crippen MR) is 90.2 cm³/mol. The van der Waals surface area contributed by atoms with Gasteiger partial charge in [-0.25, -0.2) is 0 Å². The van der Waals surface area contributed by atoms with E-state index in [1.807, 2.05) is 55.5 Å². The van der Waals surface area contributed by atoms with Crippen molar-refractivity contribution in [2.75, 3.05) is 19.0 Å². The molecule has 2 N–H and O–H groups in total. The third-order valence-electron chi connectivity index (χ3n) is 3.32. The molecule has 0 fully saturated rings. The second kappa shape index (κ2) is 6.45. The van der Waals surface area contributed by atoms with Crippen molar-refractivity contribution in [3.05, 3.63) is 57.7 Å². The molecule has 0 saturated heterocycles. The van der Waals surface area contributed by atoms with Gasteiger partial charge in [-0.3, -0.25) is 0 Å². The van der Waals surface area contributed by atoms with Gasteiger partial charge in [0.25, 0.3) is 0 Å². The van der Waals surface area contributed by atoms with E-state index in [4.69, 9.17) is 4.74 Å². The standard InChI is InChI=1S/C16H18INO2/c1-16(11-19,12-7-9-13(17)10-8-12)18-14-5-3-4-6-15(14)20-2/h3-10,18-19H,11H2,1-2H3. The minimum atomic E-state index is -0.557. The van der Waals surface area contributed by atoms with E-state index in [2.05, 4.69) is 27.9 Å². The van der Waals surface area contributed by atoms with E-state index in [0.29, 0.717) is 0 Å². The zero-order valence-corrected chi connectivity index (χ0v) is 13.7. The summed E-state index contributed by atoms with van der Waals surface area (Å²) in [6.45, 7) is 1.97. The van der Waals surface area contributed by atoms with Gasteiger partial charge in [0.15, 0.2) is 0 Å². The summed E-state index contributed by atoms with van der Waals surface area (Å²) in [5, 5.41) is 13.2. The molecule has 0 aliphatic carbocycles. The highest BCUT2D eigenvalue weighted by atomic mass is 127. The highest BCUT2D eigenvalue weighted by Crippen LogP contribution is 2.31. The van der Waals surface area contributed by atoms with Crippen molar-refractivity contribution in [2.45, 2.75) is 12.5 Å². The van der Waals surface area contributed by atoms with Crippen LogP contribution in [-0.2, 0) is 5.54 Å². The Morgan fingerprint density at radius 1 is 1.15 bits per heavy atom. The minimum Gasteiger partial charge on any atom is -0.495 e. The molecule has 2 rings (SSSR count). The average Bonchev–Trinajstić information content (AvgIpc) is 2.48. The van der Waals surface area contributed by atoms with E-state index >= 15 is 0 Å². The highest BCUT2D eigenvalue weighted by molar-refractivity contribution is 14.1. The summed E-state index contributed by atoms with van der Waals surface area (Å²) in [6.07, 6.45) is 0. The van der Waals surface area contributed by atoms with Crippen molar-refractivity contribution < 1.29 is 9.84 Å². The smallest absolute Gasteiger partial charge is 0.141 e. The maximum absolute atomic E-state index is 9.83. The summed E-state index contributed by atoms with van der Waals surface area (Å²) >= 11 is 2.27. The second-order valence-electron chi connectivity index (χ2n) is 4.82. The van der Waals surface area contributed by atoms with Gasteiger partial charge in [-0.2, -0.15) is 0 Å². The number of hydrogen-bond acceptors (Lipinski definition) is 3. The molecule has 4 heteroatoms. The van der Waals surface area contributed by atoms with Crippen LogP contribution in [0.25, 0.3) is 0 Å². The SMILES string of the molecule is COc1ccccc1NC(C)(CO)c1ccc(I)cc1. The maximum atomic E-state index is 9.83. The molecule has 0 heterocycles. The Kier molecular flexibility index (Phi) is 4.88. The number of anilines is 1. The Labute approximate surface area is 133 Å². The fourth-order valence-electron chi connectivity index (χ4n) is 2.07. The van der Waals surface area contributed by atoms with Crippen molar-refractivity contribution in [1.29, 1.82) is 0 Å². The Morgan fingerprint density at radius 2 is 1.80 bits per heavy atom. The van der Waals surface area contributed by atoms with Gasteiger partial charge >= 0.3 is 0 Å². The van der Waals surface area contributed by atoms with E-state index < -0.39 is 5.54 Å². The molecule has 0 amide bonds. The summed E-state index contributed by atoms with van der Waals surface area (Å²) in [7, 11) is 1.64. The third kappa shape index (κ3) is 3.24. The minimum absolute atomic E-state index is 0.00829. The molecule has 0 aromatic heterocycles. The van der Waals surface area contributed by atoms with Crippen LogP contribution < -0.4 is 10.1 Å². The van der Waals surface area contributed by atoms with Crippen molar-refractivity contribution in [2.24, 2.45) is 0 Å². The normalized spacial score (nSPS) is 13.6. The Morgan fingerprint density at radius 3 is 2.40 bits per heavy atom. The lowest BCUT2D eigenvalue weighted by Crippen LogP contribution is -2.36. The Bertz CT molecular complexity index is 571. The molecule has 2 aromatic carbocycles. The summed E-state index contributed by atoms with van der Waals surface area (Å²) in [6, 6.07) is 15.8. The Hall–Kier alpha value is -1.27. The van der Waals surface area contributed by atoms with Crippen LogP contribution in [0.5, 0.6) is 5.75 Å². The number of aliphatic hydroxyl groups is 1. The number of nitrogens with one attached hydrogen (secondary N) is 1. The summed E-state index contributed by atoms with van der Waals surface area (Å²) in [4.78, 5) is 0. The van der Waals surface area contributed by atoms with Gasteiger partial charge in [-0.1, -0.05) is 24.3 Å². The van der Waals surface area contributed by atoms with Crippen LogP contribution in [0, 0.1) is 3.57 Å². The molecule has 3 nitrogen and oxygen atoms in total. The van der Waals surface area contributed by atoms with Crippen molar-refractivity contribution in [3.63, 3.8) is 0 Å². The van der Waals surface area contributed by atoms with Crippen LogP contribution in [0.2, 0.25) is 0 Å². The monoisotopic (exact) mass is 383 g/mol. The number of para-hydroxylation sites is 2. The van der Waals surface area contributed by atoms with E-state index in [-0.39, 0.29) is 6.61 Å². The van der Waals surface area contributed by atoms with Gasteiger partial charge in [0.05, 0.1) is 24.9 Å². The fourth-order valence-corrected chi connectivity index (χ4v) is 2.43. The molecule has 20 heavy (non-hydrogen) atoms. The lowest BCUT2D eigenvalue weighted by atomic mass is 9.92. The van der Waals surface area contributed by atoms with Crippen molar-refractivity contribution in [3.8, 4) is 5.75 Å². The molecule has 0 bridgehead atoms. The van der Waals surface area contributed by atoms with Crippen LogP contribution in [0.15, 0.2) is 48.5 Å². The van der Waals surface area contributed by atoms with E-state index in [1.54, 1.807) is 7.11 Å². The van der Waals surface area contributed by atoms with Gasteiger partial charge in [0.2, 0.25) is 0 Å². The number of ether oxygens (including phenoxy) is 1. The lowest BCUT2D eigenvalue weighted by molar-refractivity contribution is 0.223. The zero-order valence-electron chi connectivity index (χ0n) is 11.6. The first-order valence-corrected chi connectivity index (χ1v) is 7.45.